The third-order valence-corrected chi connectivity index (χ3v) is 4.45. The van der Waals surface area contributed by atoms with E-state index in [0.29, 0.717) is 22.2 Å². The number of benzene rings is 3. The normalized spacial score (nSPS) is 10.9. The lowest BCUT2D eigenvalue weighted by Gasteiger charge is -2.14. The molecule has 0 aliphatic carbocycles. The first-order chi connectivity index (χ1) is 13.3. The highest BCUT2D eigenvalue weighted by atomic mass is 35.5. The third-order valence-electron chi connectivity index (χ3n) is 3.63. The molecule has 0 unspecified atom stereocenters. The van der Waals surface area contributed by atoms with Crippen LogP contribution in [0.5, 0.6) is 11.5 Å². The Kier molecular flexibility index (Phi) is 5.87. The summed E-state index contributed by atoms with van der Waals surface area (Å²) >= 11 is 6.07. The van der Waals surface area contributed by atoms with E-state index in [1.54, 1.807) is 42.5 Å². The van der Waals surface area contributed by atoms with Crippen molar-refractivity contribution in [1.82, 2.24) is 0 Å². The van der Waals surface area contributed by atoms with Crippen LogP contribution in [0.3, 0.4) is 0 Å². The number of halogens is 1. The Labute approximate surface area is 168 Å². The Hall–Kier alpha value is -3.03. The number of para-hydroxylation sites is 2. The second-order valence-electron chi connectivity index (χ2n) is 5.93. The Balaban J connectivity index is 1.90. The lowest BCUT2D eigenvalue weighted by atomic mass is 10.1. The molecule has 0 saturated carbocycles. The number of ether oxygens (including phenoxy) is 1. The summed E-state index contributed by atoms with van der Waals surface area (Å²) in [7, 11) is -3.54. The lowest BCUT2D eigenvalue weighted by molar-refractivity contribution is 0.102. The van der Waals surface area contributed by atoms with Gasteiger partial charge in [0, 0.05) is 5.02 Å². The van der Waals surface area contributed by atoms with Gasteiger partial charge < -0.3 is 10.1 Å². The lowest BCUT2D eigenvalue weighted by Crippen LogP contribution is -2.17. The van der Waals surface area contributed by atoms with Gasteiger partial charge in [-0.15, -0.1) is 0 Å². The van der Waals surface area contributed by atoms with Crippen LogP contribution >= 0.6 is 11.6 Å². The van der Waals surface area contributed by atoms with Crippen LogP contribution in [0.1, 0.15) is 10.4 Å². The molecular weight excluding hydrogens is 400 g/mol. The molecule has 6 nitrogen and oxygen atoms in total. The molecule has 8 heteroatoms. The van der Waals surface area contributed by atoms with Crippen molar-refractivity contribution in [3.63, 3.8) is 0 Å². The SMILES string of the molecule is CS(=O)(=O)Nc1ccccc1C(=O)Nc1cc(Cl)ccc1Oc1ccccc1. The van der Waals surface area contributed by atoms with E-state index in [4.69, 9.17) is 16.3 Å². The summed E-state index contributed by atoms with van der Waals surface area (Å²) in [5.74, 6) is 0.490. The summed E-state index contributed by atoms with van der Waals surface area (Å²) < 4.78 is 31.3. The zero-order chi connectivity index (χ0) is 20.1. The van der Waals surface area contributed by atoms with Crippen LogP contribution < -0.4 is 14.8 Å². The molecule has 3 rings (SSSR count). The molecule has 3 aromatic carbocycles. The number of carbonyl (C=O) groups is 1. The fourth-order valence-electron chi connectivity index (χ4n) is 2.46. The molecular formula is C20H17ClN2O4S. The first-order valence-corrected chi connectivity index (χ1v) is 10.5. The summed E-state index contributed by atoms with van der Waals surface area (Å²) in [6.45, 7) is 0. The van der Waals surface area contributed by atoms with Crippen molar-refractivity contribution < 1.29 is 17.9 Å². The predicted molar refractivity (Wildman–Crippen MR) is 111 cm³/mol. The number of rotatable bonds is 6. The Morgan fingerprint density at radius 2 is 1.61 bits per heavy atom. The molecule has 2 N–H and O–H groups in total. The van der Waals surface area contributed by atoms with E-state index in [-0.39, 0.29) is 11.3 Å². The second-order valence-corrected chi connectivity index (χ2v) is 8.11. The van der Waals surface area contributed by atoms with Crippen LogP contribution in [0.2, 0.25) is 5.02 Å². The average Bonchev–Trinajstić information content (AvgIpc) is 2.64. The molecule has 0 saturated heterocycles. The van der Waals surface area contributed by atoms with Gasteiger partial charge in [0.1, 0.15) is 5.75 Å². The topological polar surface area (TPSA) is 84.5 Å². The molecule has 0 fully saturated rings. The first-order valence-electron chi connectivity index (χ1n) is 8.22. The maximum atomic E-state index is 12.8. The number of hydrogen-bond acceptors (Lipinski definition) is 4. The third kappa shape index (κ3) is 5.25. The van der Waals surface area contributed by atoms with Crippen molar-refractivity contribution in [1.29, 1.82) is 0 Å². The Morgan fingerprint density at radius 3 is 2.32 bits per heavy atom. The van der Waals surface area contributed by atoms with Gasteiger partial charge in [-0.3, -0.25) is 9.52 Å². The summed E-state index contributed by atoms with van der Waals surface area (Å²) in [4.78, 5) is 12.8. The van der Waals surface area contributed by atoms with Gasteiger partial charge in [0.2, 0.25) is 10.0 Å². The number of hydrogen-bond donors (Lipinski definition) is 2. The summed E-state index contributed by atoms with van der Waals surface area (Å²) in [5.41, 5.74) is 0.698. The van der Waals surface area contributed by atoms with E-state index in [9.17, 15) is 13.2 Å². The quantitative estimate of drug-likeness (QED) is 0.607. The second kappa shape index (κ2) is 8.33. The van der Waals surface area contributed by atoms with E-state index < -0.39 is 15.9 Å². The molecule has 0 atom stereocenters. The maximum Gasteiger partial charge on any atom is 0.257 e. The van der Waals surface area contributed by atoms with Crippen molar-refractivity contribution in [3.05, 3.63) is 83.4 Å². The zero-order valence-electron chi connectivity index (χ0n) is 14.8. The largest absolute Gasteiger partial charge is 0.455 e. The van der Waals surface area contributed by atoms with Crippen LogP contribution in [0.15, 0.2) is 72.8 Å². The minimum Gasteiger partial charge on any atom is -0.455 e. The molecule has 0 heterocycles. The highest BCUT2D eigenvalue weighted by Crippen LogP contribution is 2.32. The number of carbonyl (C=O) groups excluding carboxylic acids is 1. The molecule has 0 aliphatic heterocycles. The fourth-order valence-corrected chi connectivity index (χ4v) is 3.21. The highest BCUT2D eigenvalue weighted by Gasteiger charge is 2.16. The maximum absolute atomic E-state index is 12.8. The van der Waals surface area contributed by atoms with Gasteiger partial charge in [-0.2, -0.15) is 0 Å². The molecule has 0 aliphatic rings. The van der Waals surface area contributed by atoms with Crippen molar-refractivity contribution in [2.24, 2.45) is 0 Å². The van der Waals surface area contributed by atoms with E-state index in [1.807, 2.05) is 18.2 Å². The van der Waals surface area contributed by atoms with E-state index in [0.717, 1.165) is 6.26 Å². The Morgan fingerprint density at radius 1 is 0.929 bits per heavy atom. The molecule has 0 radical (unpaired) electrons. The van der Waals surface area contributed by atoms with Crippen LogP contribution in [-0.4, -0.2) is 20.6 Å². The number of sulfonamides is 1. The molecule has 144 valence electrons. The smallest absolute Gasteiger partial charge is 0.257 e. The van der Waals surface area contributed by atoms with Gasteiger partial charge in [0.25, 0.3) is 5.91 Å². The van der Waals surface area contributed by atoms with Crippen LogP contribution in [0, 0.1) is 0 Å². The fraction of sp³-hybridized carbons (Fsp3) is 0.0500. The summed E-state index contributed by atoms with van der Waals surface area (Å²) in [6.07, 6.45) is 1.02. The van der Waals surface area contributed by atoms with Gasteiger partial charge in [-0.1, -0.05) is 41.9 Å². The molecule has 3 aromatic rings. The van der Waals surface area contributed by atoms with Gasteiger partial charge in [-0.05, 0) is 42.5 Å². The standard InChI is InChI=1S/C20H17ClN2O4S/c1-28(25,26)23-17-10-6-5-9-16(17)20(24)22-18-13-14(21)11-12-19(18)27-15-7-3-2-4-8-15/h2-13,23H,1H3,(H,22,24). The molecule has 0 aromatic heterocycles. The summed E-state index contributed by atoms with van der Waals surface area (Å²) in [6, 6.07) is 20.2. The molecule has 28 heavy (non-hydrogen) atoms. The highest BCUT2D eigenvalue weighted by molar-refractivity contribution is 7.92. The minimum atomic E-state index is -3.54. The molecule has 1 amide bonds. The molecule has 0 spiro atoms. The van der Waals surface area contributed by atoms with Crippen LogP contribution in [-0.2, 0) is 10.0 Å². The zero-order valence-corrected chi connectivity index (χ0v) is 16.4. The molecule has 0 bridgehead atoms. The predicted octanol–water partition coefficient (Wildman–Crippen LogP) is 4.76. The van der Waals surface area contributed by atoms with Gasteiger partial charge in [0.15, 0.2) is 5.75 Å². The van der Waals surface area contributed by atoms with Gasteiger partial charge in [-0.25, -0.2) is 8.42 Å². The van der Waals surface area contributed by atoms with Crippen LogP contribution in [0.25, 0.3) is 0 Å². The minimum absolute atomic E-state index is 0.165. The van der Waals surface area contributed by atoms with Crippen LogP contribution in [0.4, 0.5) is 11.4 Å². The average molecular weight is 417 g/mol. The van der Waals surface area contributed by atoms with Crippen molar-refractivity contribution in [2.45, 2.75) is 0 Å². The van der Waals surface area contributed by atoms with Crippen molar-refractivity contribution in [2.75, 3.05) is 16.3 Å². The number of amides is 1. The van der Waals surface area contributed by atoms with Crippen molar-refractivity contribution >= 4 is 38.9 Å². The van der Waals surface area contributed by atoms with E-state index >= 15 is 0 Å². The van der Waals surface area contributed by atoms with E-state index in [1.165, 1.54) is 12.1 Å². The van der Waals surface area contributed by atoms with E-state index in [2.05, 4.69) is 10.0 Å². The first kappa shape index (κ1) is 19.7. The monoisotopic (exact) mass is 416 g/mol. The number of nitrogens with one attached hydrogen (secondary N) is 2. The number of anilines is 2. The Bertz CT molecular complexity index is 1100. The van der Waals surface area contributed by atoms with Gasteiger partial charge >= 0.3 is 0 Å². The van der Waals surface area contributed by atoms with Gasteiger partial charge in [0.05, 0.1) is 23.2 Å². The van der Waals surface area contributed by atoms with Crippen molar-refractivity contribution in [3.8, 4) is 11.5 Å². The summed E-state index contributed by atoms with van der Waals surface area (Å²) in [5, 5.41) is 3.15.